The number of oxazole rings is 1. The van der Waals surface area contributed by atoms with Crippen LogP contribution in [0.15, 0.2) is 45.6 Å². The first kappa shape index (κ1) is 42.8. The van der Waals surface area contributed by atoms with Gasteiger partial charge in [0.15, 0.2) is 11.7 Å². The highest BCUT2D eigenvalue weighted by molar-refractivity contribution is 6.32. The number of fused-ring (bicyclic) bond motifs is 2. The molecule has 6 heterocycles. The lowest BCUT2D eigenvalue weighted by Gasteiger charge is -2.43. The van der Waals surface area contributed by atoms with Crippen LogP contribution in [0.4, 0.5) is 15.3 Å². The number of urea groups is 1. The standard InChI is InChI=1S/C44H56N8O10/c1-29-26-30(27-35-38(29)46(2)43(58)61-35)28-36(62-44(59)51-17-12-33(13-18-51)52-19-9-31-6-3-4-7-34(31)45-42(52)57)39(54)49-15-10-32(11-16-49)47-20-22-50(23-21-47)40(55)41(56)60-25-24-48-14-5-8-37(48)53/h3-4,6-7,26-27,32-33,36H,5,8-25,28H2,1-2H3,(H,45,57)/t36-/m1/s1. The lowest BCUT2D eigenvalue weighted by molar-refractivity contribution is -0.161. The monoisotopic (exact) mass is 856 g/mol. The van der Waals surface area contributed by atoms with Crippen LogP contribution in [0.3, 0.4) is 0 Å². The van der Waals surface area contributed by atoms with Gasteiger partial charge in [-0.25, -0.2) is 19.2 Å². The van der Waals surface area contributed by atoms with Gasteiger partial charge in [-0.05, 0) is 74.3 Å². The van der Waals surface area contributed by atoms with Crippen LogP contribution in [0.25, 0.3) is 11.1 Å². The van der Waals surface area contributed by atoms with Crippen LogP contribution >= 0.6 is 0 Å². The van der Waals surface area contributed by atoms with Crippen LogP contribution < -0.4 is 11.1 Å². The van der Waals surface area contributed by atoms with Gasteiger partial charge < -0.3 is 43.7 Å². The molecule has 1 aromatic heterocycles. The molecule has 0 aliphatic carbocycles. The lowest BCUT2D eigenvalue weighted by atomic mass is 9.99. The van der Waals surface area contributed by atoms with Gasteiger partial charge in [0, 0.05) is 103 Å². The molecule has 1 atom stereocenters. The van der Waals surface area contributed by atoms with Crippen LogP contribution in [-0.4, -0.2) is 167 Å². The molecule has 0 unspecified atom stereocenters. The van der Waals surface area contributed by atoms with Crippen LogP contribution in [0.1, 0.15) is 55.2 Å². The number of likely N-dealkylation sites (tertiary alicyclic amines) is 3. The second kappa shape index (κ2) is 18.6. The fraction of sp³-hybridized carbons (Fsp3) is 0.568. The number of piperazine rings is 1. The summed E-state index contributed by atoms with van der Waals surface area (Å²) >= 11 is 0. The molecule has 18 nitrogen and oxygen atoms in total. The van der Waals surface area contributed by atoms with Gasteiger partial charge in [0.05, 0.1) is 12.1 Å². The number of para-hydroxylation sites is 1. The van der Waals surface area contributed by atoms with Gasteiger partial charge in [-0.1, -0.05) is 24.3 Å². The van der Waals surface area contributed by atoms with E-state index in [4.69, 9.17) is 13.9 Å². The molecule has 8 rings (SSSR count). The summed E-state index contributed by atoms with van der Waals surface area (Å²) in [5, 5.41) is 3.03. The molecule has 18 heteroatoms. The normalized spacial score (nSPS) is 19.9. The van der Waals surface area contributed by atoms with Crippen LogP contribution in [-0.2, 0) is 48.5 Å². The average Bonchev–Trinajstić information content (AvgIpc) is 3.76. The van der Waals surface area contributed by atoms with Crippen molar-refractivity contribution in [2.24, 2.45) is 7.05 Å². The molecule has 1 N–H and O–H groups in total. The maximum absolute atomic E-state index is 14.4. The summed E-state index contributed by atoms with van der Waals surface area (Å²) in [6, 6.07) is 11.4. The minimum absolute atomic E-state index is 0.0112. The van der Waals surface area contributed by atoms with E-state index < -0.39 is 29.8 Å². The van der Waals surface area contributed by atoms with Gasteiger partial charge in [-0.15, -0.1) is 0 Å². The van der Waals surface area contributed by atoms with Crippen LogP contribution in [0, 0.1) is 6.92 Å². The van der Waals surface area contributed by atoms with E-state index in [-0.39, 0.29) is 49.5 Å². The van der Waals surface area contributed by atoms with E-state index in [2.05, 4.69) is 10.2 Å². The first-order valence-electron chi connectivity index (χ1n) is 21.9. The minimum Gasteiger partial charge on any atom is -0.457 e. The van der Waals surface area contributed by atoms with E-state index in [1.165, 1.54) is 9.47 Å². The van der Waals surface area contributed by atoms with Crippen molar-refractivity contribution in [3.8, 4) is 0 Å². The Hall–Kier alpha value is -5.91. The number of nitrogens with one attached hydrogen (secondary N) is 1. The van der Waals surface area contributed by atoms with Gasteiger partial charge in [0.25, 0.3) is 5.91 Å². The molecule has 6 amide bonds. The van der Waals surface area contributed by atoms with Crippen LogP contribution in [0.2, 0.25) is 0 Å². The van der Waals surface area contributed by atoms with Gasteiger partial charge in [0.2, 0.25) is 5.91 Å². The zero-order valence-electron chi connectivity index (χ0n) is 35.6. The van der Waals surface area contributed by atoms with E-state index in [9.17, 15) is 33.6 Å². The van der Waals surface area contributed by atoms with E-state index in [0.717, 1.165) is 29.7 Å². The Bertz CT molecular complexity index is 2250. The van der Waals surface area contributed by atoms with Crippen LogP contribution in [0.5, 0.6) is 0 Å². The third-order valence-corrected chi connectivity index (χ3v) is 13.2. The van der Waals surface area contributed by atoms with Gasteiger partial charge >= 0.3 is 29.8 Å². The van der Waals surface area contributed by atoms with E-state index in [1.54, 1.807) is 27.8 Å². The Morgan fingerprint density at radius 2 is 1.53 bits per heavy atom. The van der Waals surface area contributed by atoms with E-state index in [1.807, 2.05) is 42.2 Å². The van der Waals surface area contributed by atoms with Gasteiger partial charge in [-0.3, -0.25) is 23.9 Å². The highest BCUT2D eigenvalue weighted by Crippen LogP contribution is 2.27. The molecule has 3 aromatic rings. The summed E-state index contributed by atoms with van der Waals surface area (Å²) in [7, 11) is 1.64. The Kier molecular flexibility index (Phi) is 12.8. The summed E-state index contributed by atoms with van der Waals surface area (Å²) in [5.74, 6) is -2.35. The van der Waals surface area contributed by atoms with Crippen molar-refractivity contribution in [1.29, 1.82) is 0 Å². The summed E-state index contributed by atoms with van der Waals surface area (Å²) in [4.78, 5) is 102. The third kappa shape index (κ3) is 9.29. The number of aromatic nitrogens is 1. The number of rotatable bonds is 9. The number of aryl methyl sites for hydroxylation is 2. The van der Waals surface area contributed by atoms with Crippen molar-refractivity contribution in [2.75, 3.05) is 83.9 Å². The molecule has 2 aromatic carbocycles. The zero-order chi connectivity index (χ0) is 43.5. The van der Waals surface area contributed by atoms with E-state index >= 15 is 0 Å². The lowest BCUT2D eigenvalue weighted by Crippen LogP contribution is -2.56. The predicted octanol–water partition coefficient (Wildman–Crippen LogP) is 2.34. The maximum Gasteiger partial charge on any atom is 0.419 e. The third-order valence-electron chi connectivity index (χ3n) is 13.2. The summed E-state index contributed by atoms with van der Waals surface area (Å²) in [6.07, 6.45) is 2.88. The Balaban J connectivity index is 0.860. The molecule has 0 saturated carbocycles. The molecular formula is C44H56N8O10. The SMILES string of the molecule is Cc1cc(C[C@@H](OC(=O)N2CCC(N3CCc4ccccc4NC3=O)CC2)C(=O)N2CCC(N3CCN(C(=O)C(=O)OCCN4CCCC4=O)CC3)CC2)cc2oc(=O)n(C)c12. The Morgan fingerprint density at radius 1 is 0.823 bits per heavy atom. The molecule has 0 radical (unpaired) electrons. The molecule has 4 saturated heterocycles. The molecular weight excluding hydrogens is 801 g/mol. The Morgan fingerprint density at radius 3 is 2.26 bits per heavy atom. The topological polar surface area (TPSA) is 187 Å². The molecule has 0 bridgehead atoms. The van der Waals surface area contributed by atoms with E-state index in [0.29, 0.717) is 114 Å². The Labute approximate surface area is 359 Å². The number of carbonyl (C=O) groups is 6. The molecule has 5 aliphatic heterocycles. The number of carbonyl (C=O) groups excluding carboxylic acids is 6. The van der Waals surface area contributed by atoms with Crippen molar-refractivity contribution in [2.45, 2.75) is 76.5 Å². The first-order valence-corrected chi connectivity index (χ1v) is 21.9. The maximum atomic E-state index is 14.4. The summed E-state index contributed by atoms with van der Waals surface area (Å²) in [5.41, 5.74) is 4.44. The second-order valence-electron chi connectivity index (χ2n) is 17.0. The number of amides is 6. The van der Waals surface area contributed by atoms with Crippen molar-refractivity contribution in [1.82, 2.24) is 34.0 Å². The molecule has 332 valence electrons. The number of piperidine rings is 2. The first-order chi connectivity index (χ1) is 29.9. The highest BCUT2D eigenvalue weighted by atomic mass is 16.6. The number of anilines is 1. The predicted molar refractivity (Wildman–Crippen MR) is 225 cm³/mol. The fourth-order valence-electron chi connectivity index (χ4n) is 9.71. The van der Waals surface area contributed by atoms with Gasteiger partial charge in [-0.2, -0.15) is 0 Å². The molecule has 4 fully saturated rings. The largest absolute Gasteiger partial charge is 0.457 e. The minimum atomic E-state index is -1.14. The highest BCUT2D eigenvalue weighted by Gasteiger charge is 2.38. The summed E-state index contributed by atoms with van der Waals surface area (Å²) in [6.45, 7) is 6.88. The average molecular weight is 857 g/mol. The molecule has 62 heavy (non-hydrogen) atoms. The quantitative estimate of drug-likeness (QED) is 0.246. The van der Waals surface area contributed by atoms with Crippen molar-refractivity contribution in [3.63, 3.8) is 0 Å². The molecule has 5 aliphatic rings. The number of benzene rings is 2. The number of esters is 1. The number of ether oxygens (including phenoxy) is 2. The van der Waals surface area contributed by atoms with Crippen molar-refractivity contribution < 1.29 is 42.7 Å². The fourth-order valence-corrected chi connectivity index (χ4v) is 9.71. The zero-order valence-corrected chi connectivity index (χ0v) is 35.6. The second-order valence-corrected chi connectivity index (χ2v) is 17.0. The summed E-state index contributed by atoms with van der Waals surface area (Å²) < 4.78 is 18.2. The van der Waals surface area contributed by atoms with Crippen molar-refractivity contribution in [3.05, 3.63) is 63.6 Å². The van der Waals surface area contributed by atoms with Gasteiger partial charge in [0.1, 0.15) is 6.61 Å². The number of hydrogen-bond acceptors (Lipinski definition) is 11. The molecule has 0 spiro atoms. The number of nitrogens with zero attached hydrogens (tertiary/aromatic N) is 7. The number of hydrogen-bond donors (Lipinski definition) is 1. The van der Waals surface area contributed by atoms with Crippen molar-refractivity contribution >= 4 is 52.6 Å². The smallest absolute Gasteiger partial charge is 0.419 e.